The van der Waals surface area contributed by atoms with Crippen LogP contribution in [0.25, 0.3) is 0 Å². The number of rotatable bonds is 5. The van der Waals surface area contributed by atoms with Gasteiger partial charge in [-0.1, -0.05) is 6.92 Å². The van der Waals surface area contributed by atoms with Crippen molar-refractivity contribution in [1.29, 1.82) is 0 Å². The molecular formula is C14H18N2O5S. The third kappa shape index (κ3) is 3.28. The zero-order valence-corrected chi connectivity index (χ0v) is 13.0. The number of carbonyl (C=O) groups excluding carboxylic acids is 1. The molecule has 1 fully saturated rings. The van der Waals surface area contributed by atoms with Gasteiger partial charge in [-0.25, -0.2) is 17.9 Å². The summed E-state index contributed by atoms with van der Waals surface area (Å²) in [6, 6.07) is 4.69. The average molecular weight is 326 g/mol. The normalized spacial score (nSPS) is 18.4. The highest BCUT2D eigenvalue weighted by Crippen LogP contribution is 2.21. The number of benzene rings is 1. The van der Waals surface area contributed by atoms with E-state index >= 15 is 0 Å². The van der Waals surface area contributed by atoms with Gasteiger partial charge in [0.05, 0.1) is 4.90 Å². The zero-order chi connectivity index (χ0) is 16.3. The number of hydrogen-bond acceptors (Lipinski definition) is 4. The van der Waals surface area contributed by atoms with Gasteiger partial charge in [-0.2, -0.15) is 0 Å². The highest BCUT2D eigenvalue weighted by Gasteiger charge is 2.34. The third-order valence-corrected chi connectivity index (χ3v) is 5.11. The van der Waals surface area contributed by atoms with Crippen molar-refractivity contribution >= 4 is 21.9 Å². The van der Waals surface area contributed by atoms with Gasteiger partial charge in [-0.05, 0) is 37.1 Å². The van der Waals surface area contributed by atoms with Crippen LogP contribution < -0.4 is 4.72 Å². The summed E-state index contributed by atoms with van der Waals surface area (Å²) in [5.74, 6) is -1.41. The summed E-state index contributed by atoms with van der Waals surface area (Å²) in [6.45, 7) is 2.35. The van der Waals surface area contributed by atoms with Gasteiger partial charge in [-0.15, -0.1) is 0 Å². The molecule has 1 aromatic carbocycles. The summed E-state index contributed by atoms with van der Waals surface area (Å²) in [4.78, 5) is 24.9. The quantitative estimate of drug-likeness (QED) is 0.828. The van der Waals surface area contributed by atoms with Crippen LogP contribution in [-0.4, -0.2) is 49.4 Å². The van der Waals surface area contributed by atoms with Crippen molar-refractivity contribution in [3.63, 3.8) is 0 Å². The Morgan fingerprint density at radius 2 is 1.95 bits per heavy atom. The maximum atomic E-state index is 12.3. The Morgan fingerprint density at radius 1 is 1.32 bits per heavy atom. The lowest BCUT2D eigenvalue weighted by Gasteiger charge is -2.21. The molecule has 2 N–H and O–H groups in total. The summed E-state index contributed by atoms with van der Waals surface area (Å²) in [5.41, 5.74) is 0.281. The molecule has 1 saturated heterocycles. The molecule has 1 aliphatic heterocycles. The van der Waals surface area contributed by atoms with E-state index in [0.29, 0.717) is 19.4 Å². The molecule has 0 spiro atoms. The summed E-state index contributed by atoms with van der Waals surface area (Å²) >= 11 is 0. The summed E-state index contributed by atoms with van der Waals surface area (Å²) in [6.07, 6.45) is 1.09. The fourth-order valence-electron chi connectivity index (χ4n) is 2.48. The second kappa shape index (κ2) is 6.45. The van der Waals surface area contributed by atoms with Crippen LogP contribution in [0.5, 0.6) is 0 Å². The lowest BCUT2D eigenvalue weighted by molar-refractivity contribution is -0.141. The minimum Gasteiger partial charge on any atom is -0.480 e. The third-order valence-electron chi connectivity index (χ3n) is 3.54. The lowest BCUT2D eigenvalue weighted by Crippen LogP contribution is -2.40. The van der Waals surface area contributed by atoms with Gasteiger partial charge >= 0.3 is 5.97 Å². The van der Waals surface area contributed by atoms with E-state index in [1.807, 2.05) is 0 Å². The molecule has 1 aromatic rings. The van der Waals surface area contributed by atoms with Crippen LogP contribution in [0.4, 0.5) is 0 Å². The van der Waals surface area contributed by atoms with Crippen LogP contribution in [0.1, 0.15) is 30.1 Å². The van der Waals surface area contributed by atoms with Crippen molar-refractivity contribution in [2.75, 3.05) is 13.1 Å². The van der Waals surface area contributed by atoms with Crippen molar-refractivity contribution in [3.8, 4) is 0 Å². The number of sulfonamides is 1. The predicted octanol–water partition coefficient (Wildman–Crippen LogP) is 0.674. The SMILES string of the molecule is CCNS(=O)(=O)c1ccc(C(=O)N2CCC[C@@H]2C(=O)O)cc1. The Bertz CT molecular complexity index is 669. The van der Waals surface area contributed by atoms with E-state index < -0.39 is 27.9 Å². The number of carboxylic acid groups (broad SMARTS) is 1. The minimum absolute atomic E-state index is 0.0714. The standard InChI is InChI=1S/C14H18N2O5S/c1-2-15-22(20,21)11-7-5-10(6-8-11)13(17)16-9-3-4-12(16)14(18)19/h5-8,12,15H,2-4,9H2,1H3,(H,18,19)/t12-/m1/s1. The van der Waals surface area contributed by atoms with Crippen LogP contribution >= 0.6 is 0 Å². The van der Waals surface area contributed by atoms with Crippen molar-refractivity contribution < 1.29 is 23.1 Å². The maximum absolute atomic E-state index is 12.3. The Balaban J connectivity index is 2.20. The van der Waals surface area contributed by atoms with E-state index in [0.717, 1.165) is 0 Å². The average Bonchev–Trinajstić information content (AvgIpc) is 2.96. The van der Waals surface area contributed by atoms with Crippen LogP contribution in [-0.2, 0) is 14.8 Å². The Morgan fingerprint density at radius 3 is 2.50 bits per heavy atom. The van der Waals surface area contributed by atoms with E-state index in [1.165, 1.54) is 29.2 Å². The van der Waals surface area contributed by atoms with Crippen LogP contribution in [0.15, 0.2) is 29.2 Å². The fraction of sp³-hybridized carbons (Fsp3) is 0.429. The molecule has 0 unspecified atom stereocenters. The minimum atomic E-state index is -3.57. The van der Waals surface area contributed by atoms with Crippen LogP contribution in [0, 0.1) is 0 Å². The summed E-state index contributed by atoms with van der Waals surface area (Å²) in [5, 5.41) is 9.11. The largest absolute Gasteiger partial charge is 0.480 e. The number of amides is 1. The molecule has 1 aliphatic rings. The van der Waals surface area contributed by atoms with Crippen molar-refractivity contribution in [2.45, 2.75) is 30.7 Å². The van der Waals surface area contributed by atoms with E-state index in [2.05, 4.69) is 4.72 Å². The van der Waals surface area contributed by atoms with Crippen molar-refractivity contribution in [3.05, 3.63) is 29.8 Å². The number of nitrogens with zero attached hydrogens (tertiary/aromatic N) is 1. The molecule has 0 aromatic heterocycles. The second-order valence-electron chi connectivity index (χ2n) is 5.02. The van der Waals surface area contributed by atoms with Gasteiger partial charge in [0.25, 0.3) is 5.91 Å². The van der Waals surface area contributed by atoms with Gasteiger partial charge in [-0.3, -0.25) is 4.79 Å². The molecule has 7 nitrogen and oxygen atoms in total. The number of hydrogen-bond donors (Lipinski definition) is 2. The molecule has 0 radical (unpaired) electrons. The molecule has 0 aliphatic carbocycles. The number of carboxylic acids is 1. The summed E-state index contributed by atoms with van der Waals surface area (Å²) < 4.78 is 26.0. The molecule has 1 atom stereocenters. The molecule has 1 heterocycles. The lowest BCUT2D eigenvalue weighted by atomic mass is 10.1. The first-order valence-electron chi connectivity index (χ1n) is 7.00. The first-order chi connectivity index (χ1) is 10.4. The van der Waals surface area contributed by atoms with E-state index in [4.69, 9.17) is 5.11 Å². The van der Waals surface area contributed by atoms with Gasteiger partial charge in [0.2, 0.25) is 10.0 Å². The molecule has 22 heavy (non-hydrogen) atoms. The van der Waals surface area contributed by atoms with Gasteiger partial charge in [0.15, 0.2) is 0 Å². The molecule has 2 rings (SSSR count). The number of nitrogens with one attached hydrogen (secondary N) is 1. The Labute approximate surface area is 129 Å². The fourth-order valence-corrected chi connectivity index (χ4v) is 3.52. The summed E-state index contributed by atoms with van der Waals surface area (Å²) in [7, 11) is -3.57. The smallest absolute Gasteiger partial charge is 0.326 e. The highest BCUT2D eigenvalue weighted by molar-refractivity contribution is 7.89. The Hall–Kier alpha value is -1.93. The van der Waals surface area contributed by atoms with Gasteiger partial charge < -0.3 is 10.0 Å². The number of aliphatic carboxylic acids is 1. The van der Waals surface area contributed by atoms with E-state index in [1.54, 1.807) is 6.92 Å². The molecular weight excluding hydrogens is 308 g/mol. The second-order valence-corrected chi connectivity index (χ2v) is 6.79. The van der Waals surface area contributed by atoms with Crippen molar-refractivity contribution in [2.24, 2.45) is 0 Å². The molecule has 0 bridgehead atoms. The monoisotopic (exact) mass is 326 g/mol. The molecule has 1 amide bonds. The van der Waals surface area contributed by atoms with Gasteiger partial charge in [0.1, 0.15) is 6.04 Å². The van der Waals surface area contributed by atoms with Crippen LogP contribution in [0.3, 0.4) is 0 Å². The number of carbonyl (C=O) groups is 2. The predicted molar refractivity (Wildman–Crippen MR) is 79.0 cm³/mol. The molecule has 8 heteroatoms. The maximum Gasteiger partial charge on any atom is 0.326 e. The first-order valence-corrected chi connectivity index (χ1v) is 8.48. The zero-order valence-electron chi connectivity index (χ0n) is 12.2. The van der Waals surface area contributed by atoms with E-state index in [-0.39, 0.29) is 17.0 Å². The number of likely N-dealkylation sites (tertiary alicyclic amines) is 1. The van der Waals surface area contributed by atoms with Gasteiger partial charge in [0, 0.05) is 18.7 Å². The Kier molecular flexibility index (Phi) is 4.82. The topological polar surface area (TPSA) is 104 Å². The first kappa shape index (κ1) is 16.4. The van der Waals surface area contributed by atoms with E-state index in [9.17, 15) is 18.0 Å². The molecule has 120 valence electrons. The van der Waals surface area contributed by atoms with Crippen LogP contribution in [0.2, 0.25) is 0 Å². The highest BCUT2D eigenvalue weighted by atomic mass is 32.2. The molecule has 0 saturated carbocycles. The van der Waals surface area contributed by atoms with Crippen molar-refractivity contribution in [1.82, 2.24) is 9.62 Å².